The minimum Gasteiger partial charge on any atom is -0.350 e. The first-order valence-corrected chi connectivity index (χ1v) is 12.2. The summed E-state index contributed by atoms with van der Waals surface area (Å²) < 4.78 is 13.7. The van der Waals surface area contributed by atoms with Crippen LogP contribution in [0.15, 0.2) is 53.4 Å². The maximum atomic E-state index is 13.7. The van der Waals surface area contributed by atoms with Crippen LogP contribution >= 0.6 is 11.8 Å². The Labute approximate surface area is 198 Å². The molecule has 1 aliphatic rings. The van der Waals surface area contributed by atoms with Crippen LogP contribution in [0.3, 0.4) is 0 Å². The number of halogens is 1. The largest absolute Gasteiger partial charge is 0.350 e. The van der Waals surface area contributed by atoms with Crippen molar-refractivity contribution in [2.45, 2.75) is 43.0 Å². The Bertz CT molecular complexity index is 979. The number of rotatable bonds is 9. The number of amides is 3. The van der Waals surface area contributed by atoms with Gasteiger partial charge in [0.15, 0.2) is 0 Å². The van der Waals surface area contributed by atoms with Gasteiger partial charge in [-0.2, -0.15) is 0 Å². The molecule has 0 radical (unpaired) electrons. The fourth-order valence-corrected chi connectivity index (χ4v) is 4.85. The van der Waals surface area contributed by atoms with Gasteiger partial charge in [0.25, 0.3) is 11.8 Å². The first-order valence-electron chi connectivity index (χ1n) is 11.3. The first-order chi connectivity index (χ1) is 16.0. The van der Waals surface area contributed by atoms with Crippen LogP contribution in [-0.2, 0) is 4.79 Å². The molecule has 2 N–H and O–H groups in total. The van der Waals surface area contributed by atoms with Gasteiger partial charge in [0, 0.05) is 31.1 Å². The summed E-state index contributed by atoms with van der Waals surface area (Å²) in [7, 11) is 1.87. The lowest BCUT2D eigenvalue weighted by atomic mass is 9.94. The molecule has 1 fully saturated rings. The first kappa shape index (κ1) is 24.8. The number of nitrogens with zero attached hydrogens (tertiary/aromatic N) is 1. The summed E-state index contributed by atoms with van der Waals surface area (Å²) in [5.74, 6) is -1.06. The quantitative estimate of drug-likeness (QED) is 0.430. The van der Waals surface area contributed by atoms with Crippen LogP contribution in [0, 0.1) is 5.82 Å². The van der Waals surface area contributed by atoms with E-state index in [2.05, 4.69) is 10.6 Å². The molecule has 0 unspecified atom stereocenters. The molecule has 2 aromatic rings. The van der Waals surface area contributed by atoms with E-state index in [1.54, 1.807) is 18.2 Å². The van der Waals surface area contributed by atoms with Crippen molar-refractivity contribution in [3.05, 3.63) is 65.5 Å². The molecule has 6 nitrogen and oxygen atoms in total. The fraction of sp³-hybridized carbons (Fsp3) is 0.400. The summed E-state index contributed by atoms with van der Waals surface area (Å²) >= 11 is 1.36. The molecule has 0 atom stereocenters. The molecule has 0 aliphatic heterocycles. The minimum absolute atomic E-state index is 0.0339. The summed E-state index contributed by atoms with van der Waals surface area (Å²) in [4.78, 5) is 40.0. The summed E-state index contributed by atoms with van der Waals surface area (Å²) in [6, 6.07) is 13.2. The van der Waals surface area contributed by atoms with E-state index in [0.29, 0.717) is 11.6 Å². The van der Waals surface area contributed by atoms with Gasteiger partial charge in [0.05, 0.1) is 16.9 Å². The molecule has 0 bridgehead atoms. The van der Waals surface area contributed by atoms with Crippen LogP contribution in [0.4, 0.5) is 4.39 Å². The fourth-order valence-electron chi connectivity index (χ4n) is 3.88. The molecule has 0 aromatic heterocycles. The van der Waals surface area contributed by atoms with Crippen molar-refractivity contribution in [1.29, 1.82) is 0 Å². The van der Waals surface area contributed by atoms with Crippen molar-refractivity contribution in [3.63, 3.8) is 0 Å². The van der Waals surface area contributed by atoms with E-state index in [9.17, 15) is 18.8 Å². The van der Waals surface area contributed by atoms with Gasteiger partial charge in [-0.05, 0) is 37.1 Å². The van der Waals surface area contributed by atoms with Crippen molar-refractivity contribution < 1.29 is 18.8 Å². The Hall–Kier alpha value is -2.87. The SMILES string of the molecule is CN(C(=O)CSc1ccccc1C(=O)NCCNC(=O)c1ccccc1F)C1CCCCC1. The molecule has 1 aliphatic carbocycles. The number of carbonyl (C=O) groups excluding carboxylic acids is 3. The highest BCUT2D eigenvalue weighted by atomic mass is 32.2. The Morgan fingerprint density at radius 2 is 1.48 bits per heavy atom. The van der Waals surface area contributed by atoms with Crippen molar-refractivity contribution >= 4 is 29.5 Å². The van der Waals surface area contributed by atoms with Gasteiger partial charge in [-0.25, -0.2) is 4.39 Å². The highest BCUT2D eigenvalue weighted by Gasteiger charge is 2.22. The maximum absolute atomic E-state index is 13.7. The Morgan fingerprint density at radius 1 is 0.909 bits per heavy atom. The average Bonchev–Trinajstić information content (AvgIpc) is 2.85. The molecule has 0 heterocycles. The molecule has 8 heteroatoms. The zero-order valence-electron chi connectivity index (χ0n) is 18.8. The van der Waals surface area contributed by atoms with Crippen LogP contribution in [0.25, 0.3) is 0 Å². The summed E-state index contributed by atoms with van der Waals surface area (Å²) in [5, 5.41) is 5.36. The zero-order chi connectivity index (χ0) is 23.6. The summed E-state index contributed by atoms with van der Waals surface area (Å²) in [6.45, 7) is 0.361. The summed E-state index contributed by atoms with van der Waals surface area (Å²) in [5.41, 5.74) is 0.449. The van der Waals surface area contributed by atoms with Crippen molar-refractivity contribution in [2.75, 3.05) is 25.9 Å². The molecular formula is C25H30FN3O3S. The van der Waals surface area contributed by atoms with Crippen LogP contribution in [0.1, 0.15) is 52.8 Å². The molecule has 2 aromatic carbocycles. The number of thioether (sulfide) groups is 1. The van der Waals surface area contributed by atoms with Crippen LogP contribution in [-0.4, -0.2) is 54.6 Å². The highest BCUT2D eigenvalue weighted by Crippen LogP contribution is 2.25. The van der Waals surface area contributed by atoms with Gasteiger partial charge in [0.2, 0.25) is 5.91 Å². The van der Waals surface area contributed by atoms with Gasteiger partial charge in [-0.3, -0.25) is 14.4 Å². The van der Waals surface area contributed by atoms with Crippen molar-refractivity contribution in [1.82, 2.24) is 15.5 Å². The molecular weight excluding hydrogens is 441 g/mol. The Morgan fingerprint density at radius 3 is 2.15 bits per heavy atom. The maximum Gasteiger partial charge on any atom is 0.254 e. The van der Waals surface area contributed by atoms with E-state index in [4.69, 9.17) is 0 Å². The zero-order valence-corrected chi connectivity index (χ0v) is 19.6. The molecule has 1 saturated carbocycles. The van der Waals surface area contributed by atoms with E-state index in [1.807, 2.05) is 24.1 Å². The standard InChI is InChI=1S/C25H30FN3O3S/c1-29(18-9-3-2-4-10-18)23(30)17-33-22-14-8-6-12-20(22)25(32)28-16-15-27-24(31)19-11-5-7-13-21(19)26/h5-8,11-14,18H,2-4,9-10,15-17H2,1H3,(H,27,31)(H,28,32). The van der Waals surface area contributed by atoms with E-state index in [-0.39, 0.29) is 36.2 Å². The third-order valence-corrected chi connectivity index (χ3v) is 6.87. The number of nitrogens with one attached hydrogen (secondary N) is 2. The number of hydrogen-bond donors (Lipinski definition) is 2. The third kappa shape index (κ3) is 7.05. The van der Waals surface area contributed by atoms with E-state index < -0.39 is 11.7 Å². The van der Waals surface area contributed by atoms with Crippen LogP contribution in [0.2, 0.25) is 0 Å². The van der Waals surface area contributed by atoms with Crippen molar-refractivity contribution in [2.24, 2.45) is 0 Å². The van der Waals surface area contributed by atoms with E-state index >= 15 is 0 Å². The van der Waals surface area contributed by atoms with Crippen LogP contribution in [0.5, 0.6) is 0 Å². The molecule has 3 amide bonds. The second-order valence-electron chi connectivity index (χ2n) is 8.07. The predicted molar refractivity (Wildman–Crippen MR) is 128 cm³/mol. The van der Waals surface area contributed by atoms with Gasteiger partial charge >= 0.3 is 0 Å². The smallest absolute Gasteiger partial charge is 0.254 e. The van der Waals surface area contributed by atoms with Gasteiger partial charge in [-0.1, -0.05) is 43.5 Å². The van der Waals surface area contributed by atoms with Gasteiger partial charge in [0.1, 0.15) is 5.82 Å². The topological polar surface area (TPSA) is 78.5 Å². The summed E-state index contributed by atoms with van der Waals surface area (Å²) in [6.07, 6.45) is 5.68. The van der Waals surface area contributed by atoms with Crippen LogP contribution < -0.4 is 10.6 Å². The lowest BCUT2D eigenvalue weighted by Crippen LogP contribution is -2.39. The minimum atomic E-state index is -0.589. The third-order valence-electron chi connectivity index (χ3n) is 5.81. The highest BCUT2D eigenvalue weighted by molar-refractivity contribution is 8.00. The van der Waals surface area contributed by atoms with E-state index in [1.165, 1.54) is 49.2 Å². The molecule has 33 heavy (non-hydrogen) atoms. The number of benzene rings is 2. The average molecular weight is 472 g/mol. The predicted octanol–water partition coefficient (Wildman–Crippen LogP) is 3.87. The number of hydrogen-bond acceptors (Lipinski definition) is 4. The molecule has 176 valence electrons. The lowest BCUT2D eigenvalue weighted by Gasteiger charge is -2.31. The second kappa shape index (κ2) is 12.4. The molecule has 0 saturated heterocycles. The second-order valence-corrected chi connectivity index (χ2v) is 9.09. The molecule has 3 rings (SSSR count). The van der Waals surface area contributed by atoms with Gasteiger partial charge in [-0.15, -0.1) is 11.8 Å². The van der Waals surface area contributed by atoms with Crippen molar-refractivity contribution in [3.8, 4) is 0 Å². The van der Waals surface area contributed by atoms with Gasteiger partial charge < -0.3 is 15.5 Å². The molecule has 0 spiro atoms. The van der Waals surface area contributed by atoms with E-state index in [0.717, 1.165) is 17.7 Å². The monoisotopic (exact) mass is 471 g/mol. The normalized spacial score (nSPS) is 13.9. The number of carbonyl (C=O) groups is 3. The lowest BCUT2D eigenvalue weighted by molar-refractivity contribution is -0.129. The Kier molecular flexibility index (Phi) is 9.30. The Balaban J connectivity index is 1.47.